The van der Waals surface area contributed by atoms with Crippen LogP contribution in [0.5, 0.6) is 5.75 Å². The number of nitrogens with one attached hydrogen (secondary N) is 4. The Bertz CT molecular complexity index is 1430. The zero-order valence-corrected chi connectivity index (χ0v) is 20.6. The quantitative estimate of drug-likeness (QED) is 0.281. The lowest BCUT2D eigenvalue weighted by atomic mass is 9.92. The molecule has 8 heteroatoms. The van der Waals surface area contributed by atoms with E-state index in [1.54, 1.807) is 6.07 Å². The van der Waals surface area contributed by atoms with Gasteiger partial charge in [0.1, 0.15) is 5.75 Å². The summed E-state index contributed by atoms with van der Waals surface area (Å²) >= 11 is 0. The van der Waals surface area contributed by atoms with Crippen molar-refractivity contribution < 1.29 is 14.3 Å². The van der Waals surface area contributed by atoms with Gasteiger partial charge in [0.15, 0.2) is 0 Å². The molecule has 186 valence electrons. The molecular weight excluding hydrogens is 454 g/mol. The lowest BCUT2D eigenvalue weighted by Crippen LogP contribution is -2.40. The van der Waals surface area contributed by atoms with Crippen molar-refractivity contribution in [3.63, 3.8) is 0 Å². The molecule has 2 aromatic heterocycles. The number of amides is 2. The second-order valence-corrected chi connectivity index (χ2v) is 9.29. The van der Waals surface area contributed by atoms with Crippen LogP contribution in [-0.2, 0) is 24.1 Å². The molecule has 1 unspecified atom stereocenters. The van der Waals surface area contributed by atoms with Gasteiger partial charge >= 0.3 is 6.09 Å². The number of aryl methyl sites for hydroxylation is 1. The zero-order valence-electron chi connectivity index (χ0n) is 20.6. The van der Waals surface area contributed by atoms with Crippen molar-refractivity contribution >= 4 is 39.5 Å². The van der Waals surface area contributed by atoms with Crippen LogP contribution in [0.3, 0.4) is 0 Å². The number of hydrogen-bond donors (Lipinski definition) is 4. The first-order valence-electron chi connectivity index (χ1n) is 12.5. The number of benzene rings is 2. The number of fused-ring (bicyclic) bond motifs is 3. The molecule has 4 aromatic rings. The summed E-state index contributed by atoms with van der Waals surface area (Å²) in [5.41, 5.74) is 6.39. The fourth-order valence-electron chi connectivity index (χ4n) is 4.90. The first-order chi connectivity index (χ1) is 17.5. The van der Waals surface area contributed by atoms with Gasteiger partial charge < -0.3 is 25.7 Å². The molecule has 8 nitrogen and oxygen atoms in total. The minimum absolute atomic E-state index is 0.0569. The fourth-order valence-corrected chi connectivity index (χ4v) is 4.90. The van der Waals surface area contributed by atoms with Gasteiger partial charge in [-0.2, -0.15) is 0 Å². The third-order valence-corrected chi connectivity index (χ3v) is 6.58. The largest absolute Gasteiger partial charge is 0.414 e. The Morgan fingerprint density at radius 2 is 1.94 bits per heavy atom. The molecule has 2 heterocycles. The van der Waals surface area contributed by atoms with E-state index < -0.39 is 6.09 Å². The second kappa shape index (κ2) is 10.3. The number of carbonyl (C=O) groups excluding carboxylic acids is 2. The molecular formula is C28H31N5O3. The standard InChI is InChI=1S/C28H31N5O3/c1-17(31-27-21-7-3-5-9-25(21)33-26-10-6-4-8-22(26)27)32-28(35)36-20-11-12-24-23(15-20)19(16-30-24)13-14-29-18(2)34/h3,5,7,9,11-12,15-17,30H,4,6,8,10,13-14H2,1-2H3,(H,29,34)(H,31,33)(H,32,35). The van der Waals surface area contributed by atoms with Crippen molar-refractivity contribution in [2.75, 3.05) is 11.9 Å². The van der Waals surface area contributed by atoms with Gasteiger partial charge in [0.05, 0.1) is 17.4 Å². The van der Waals surface area contributed by atoms with E-state index in [4.69, 9.17) is 9.72 Å². The minimum atomic E-state index is -0.531. The average Bonchev–Trinajstić information content (AvgIpc) is 3.25. The summed E-state index contributed by atoms with van der Waals surface area (Å²) in [6.45, 7) is 3.95. The molecule has 0 aliphatic heterocycles. The van der Waals surface area contributed by atoms with Crippen LogP contribution < -0.4 is 20.7 Å². The van der Waals surface area contributed by atoms with E-state index >= 15 is 0 Å². The van der Waals surface area contributed by atoms with Crippen LogP contribution in [0.25, 0.3) is 21.8 Å². The van der Waals surface area contributed by atoms with Crippen molar-refractivity contribution in [1.29, 1.82) is 0 Å². The highest BCUT2D eigenvalue weighted by atomic mass is 16.6. The van der Waals surface area contributed by atoms with E-state index in [0.29, 0.717) is 18.7 Å². The molecule has 2 amide bonds. The molecule has 0 saturated carbocycles. The van der Waals surface area contributed by atoms with Gasteiger partial charge in [-0.05, 0) is 74.4 Å². The molecule has 1 aliphatic carbocycles. The van der Waals surface area contributed by atoms with E-state index in [1.807, 2.05) is 43.5 Å². The lowest BCUT2D eigenvalue weighted by Gasteiger charge is -2.24. The molecule has 5 rings (SSSR count). The Balaban J connectivity index is 1.28. The molecule has 36 heavy (non-hydrogen) atoms. The maximum absolute atomic E-state index is 12.7. The van der Waals surface area contributed by atoms with Gasteiger partial charge in [0, 0.05) is 41.6 Å². The molecule has 1 aliphatic rings. The van der Waals surface area contributed by atoms with Crippen LogP contribution >= 0.6 is 0 Å². The first-order valence-corrected chi connectivity index (χ1v) is 12.5. The molecule has 0 spiro atoms. The maximum Gasteiger partial charge on any atom is 0.414 e. The average molecular weight is 486 g/mol. The molecule has 0 fully saturated rings. The number of rotatable bonds is 7. The predicted octanol–water partition coefficient (Wildman–Crippen LogP) is 4.82. The molecule has 4 N–H and O–H groups in total. The molecule has 0 saturated heterocycles. The van der Waals surface area contributed by atoms with Crippen molar-refractivity contribution in [2.45, 2.75) is 52.1 Å². The summed E-state index contributed by atoms with van der Waals surface area (Å²) in [7, 11) is 0. The van der Waals surface area contributed by atoms with Crippen molar-refractivity contribution in [3.8, 4) is 5.75 Å². The second-order valence-electron chi connectivity index (χ2n) is 9.29. The highest BCUT2D eigenvalue weighted by Crippen LogP contribution is 2.33. The van der Waals surface area contributed by atoms with Crippen LogP contribution in [-0.4, -0.2) is 34.7 Å². The minimum Gasteiger partial charge on any atom is -0.410 e. The van der Waals surface area contributed by atoms with Crippen molar-refractivity contribution in [2.24, 2.45) is 0 Å². The van der Waals surface area contributed by atoms with E-state index in [-0.39, 0.29) is 12.1 Å². The lowest BCUT2D eigenvalue weighted by molar-refractivity contribution is -0.118. The number of nitrogens with zero attached hydrogens (tertiary/aromatic N) is 1. The number of carbonyl (C=O) groups is 2. The fraction of sp³-hybridized carbons (Fsp3) is 0.321. The van der Waals surface area contributed by atoms with Gasteiger partial charge in [0.2, 0.25) is 5.91 Å². The number of anilines is 1. The van der Waals surface area contributed by atoms with E-state index in [0.717, 1.165) is 64.4 Å². The number of pyridine rings is 1. The van der Waals surface area contributed by atoms with E-state index in [2.05, 4.69) is 27.0 Å². The Morgan fingerprint density at radius 3 is 2.81 bits per heavy atom. The van der Waals surface area contributed by atoms with Gasteiger partial charge in [-0.1, -0.05) is 18.2 Å². The predicted molar refractivity (Wildman–Crippen MR) is 141 cm³/mol. The normalized spacial score (nSPS) is 13.7. The third kappa shape index (κ3) is 5.12. The number of H-pyrrole nitrogens is 1. The highest BCUT2D eigenvalue weighted by Gasteiger charge is 2.20. The zero-order chi connectivity index (χ0) is 25.1. The topological polar surface area (TPSA) is 108 Å². The van der Waals surface area contributed by atoms with Gasteiger partial charge in [0.25, 0.3) is 0 Å². The monoisotopic (exact) mass is 485 g/mol. The van der Waals surface area contributed by atoms with E-state index in [1.165, 1.54) is 12.5 Å². The summed E-state index contributed by atoms with van der Waals surface area (Å²) in [5, 5.41) is 11.2. The Kier molecular flexibility index (Phi) is 6.75. The highest BCUT2D eigenvalue weighted by molar-refractivity contribution is 5.94. The van der Waals surface area contributed by atoms with Crippen LogP contribution in [0.15, 0.2) is 48.7 Å². The molecule has 1 atom stereocenters. The number of aromatic nitrogens is 2. The summed E-state index contributed by atoms with van der Waals surface area (Å²) < 4.78 is 5.61. The number of ether oxygens (including phenoxy) is 1. The summed E-state index contributed by atoms with van der Waals surface area (Å²) in [4.78, 5) is 32.0. The Hall–Kier alpha value is -4.07. The van der Waals surface area contributed by atoms with Crippen molar-refractivity contribution in [1.82, 2.24) is 20.6 Å². The van der Waals surface area contributed by atoms with Crippen molar-refractivity contribution in [3.05, 3.63) is 65.5 Å². The first kappa shape index (κ1) is 23.7. The SMILES string of the molecule is CC(=O)NCCc1c[nH]c2ccc(OC(=O)NC(C)Nc3c4c(nc5ccccc35)CCCC4)cc12. The van der Waals surface area contributed by atoms with Crippen LogP contribution in [0, 0.1) is 0 Å². The number of para-hydroxylation sites is 1. The van der Waals surface area contributed by atoms with Crippen LogP contribution in [0.2, 0.25) is 0 Å². The van der Waals surface area contributed by atoms with Crippen LogP contribution in [0.1, 0.15) is 43.5 Å². The molecule has 2 aromatic carbocycles. The molecule has 0 radical (unpaired) electrons. The van der Waals surface area contributed by atoms with Crippen LogP contribution in [0.4, 0.5) is 10.5 Å². The number of aromatic amines is 1. The summed E-state index contributed by atoms with van der Waals surface area (Å²) in [6.07, 6.45) is 5.97. The van der Waals surface area contributed by atoms with Gasteiger partial charge in [-0.15, -0.1) is 0 Å². The maximum atomic E-state index is 12.7. The third-order valence-electron chi connectivity index (χ3n) is 6.58. The Labute approximate surface area is 209 Å². The smallest absolute Gasteiger partial charge is 0.410 e. The Morgan fingerprint density at radius 1 is 1.11 bits per heavy atom. The van der Waals surface area contributed by atoms with Gasteiger partial charge in [-0.3, -0.25) is 9.78 Å². The number of hydrogen-bond acceptors (Lipinski definition) is 5. The summed E-state index contributed by atoms with van der Waals surface area (Å²) in [5.74, 6) is 0.401. The van der Waals surface area contributed by atoms with Gasteiger partial charge in [-0.25, -0.2) is 4.79 Å². The molecule has 0 bridgehead atoms. The van der Waals surface area contributed by atoms with E-state index in [9.17, 15) is 9.59 Å². The summed E-state index contributed by atoms with van der Waals surface area (Å²) in [6, 6.07) is 13.6.